The minimum atomic E-state index is -0.998. The van der Waals surface area contributed by atoms with Crippen LogP contribution in [0.5, 0.6) is 0 Å². The van der Waals surface area contributed by atoms with E-state index in [0.717, 1.165) is 0 Å². The SMILES string of the molecule is CCOC(=O)/N=N/C(=O)OCCN1CCNC1=O. The number of nitrogens with one attached hydrogen (secondary N) is 1. The molecule has 0 bridgehead atoms. The van der Waals surface area contributed by atoms with Gasteiger partial charge in [-0.2, -0.15) is 0 Å². The first kappa shape index (κ1) is 13.9. The maximum Gasteiger partial charge on any atom is 0.452 e. The van der Waals surface area contributed by atoms with Crippen LogP contribution < -0.4 is 5.32 Å². The summed E-state index contributed by atoms with van der Waals surface area (Å²) in [6.45, 7) is 3.17. The Balaban J connectivity index is 2.17. The zero-order valence-electron chi connectivity index (χ0n) is 9.92. The van der Waals surface area contributed by atoms with E-state index in [4.69, 9.17) is 0 Å². The maximum absolute atomic E-state index is 11.1. The van der Waals surface area contributed by atoms with Crippen molar-refractivity contribution in [1.82, 2.24) is 10.2 Å². The van der Waals surface area contributed by atoms with Crippen LogP contribution in [0.3, 0.4) is 0 Å². The van der Waals surface area contributed by atoms with Crippen molar-refractivity contribution in [1.29, 1.82) is 0 Å². The zero-order valence-corrected chi connectivity index (χ0v) is 9.92. The second-order valence-corrected chi connectivity index (χ2v) is 3.23. The largest absolute Gasteiger partial charge is 0.452 e. The van der Waals surface area contributed by atoms with Gasteiger partial charge in [0.25, 0.3) is 0 Å². The Kier molecular flexibility index (Phi) is 5.55. The summed E-state index contributed by atoms with van der Waals surface area (Å²) in [5, 5.41) is 8.58. The van der Waals surface area contributed by atoms with Crippen LogP contribution >= 0.6 is 0 Å². The average Bonchev–Trinajstić information content (AvgIpc) is 2.73. The van der Waals surface area contributed by atoms with Gasteiger partial charge in [-0.1, -0.05) is 10.2 Å². The van der Waals surface area contributed by atoms with Crippen molar-refractivity contribution in [3.63, 3.8) is 0 Å². The first-order chi connectivity index (χ1) is 8.63. The smallest absolute Gasteiger partial charge is 0.447 e. The van der Waals surface area contributed by atoms with E-state index in [1.807, 2.05) is 0 Å². The van der Waals surface area contributed by atoms with E-state index in [0.29, 0.717) is 13.1 Å². The van der Waals surface area contributed by atoms with E-state index in [-0.39, 0.29) is 25.8 Å². The Bertz CT molecular complexity index is 357. The number of azo groups is 1. The molecule has 0 aromatic rings. The molecule has 0 atom stereocenters. The lowest BCUT2D eigenvalue weighted by Gasteiger charge is -2.12. The molecule has 0 aliphatic carbocycles. The van der Waals surface area contributed by atoms with Gasteiger partial charge in [0.05, 0.1) is 13.2 Å². The predicted octanol–water partition coefficient (Wildman–Crippen LogP) is 0.757. The van der Waals surface area contributed by atoms with Crippen molar-refractivity contribution < 1.29 is 23.9 Å². The Labute approximate surface area is 103 Å². The summed E-state index contributed by atoms with van der Waals surface area (Å²) in [5.41, 5.74) is 0. The van der Waals surface area contributed by atoms with E-state index < -0.39 is 12.2 Å². The first-order valence-electron chi connectivity index (χ1n) is 5.41. The van der Waals surface area contributed by atoms with Crippen molar-refractivity contribution in [2.75, 3.05) is 32.8 Å². The third kappa shape index (κ3) is 4.76. The third-order valence-electron chi connectivity index (χ3n) is 2.01. The van der Waals surface area contributed by atoms with Crippen LogP contribution in [0.4, 0.5) is 14.4 Å². The average molecular weight is 258 g/mol. The summed E-state index contributed by atoms with van der Waals surface area (Å²) in [5.74, 6) is 0. The number of amides is 4. The number of ether oxygens (including phenoxy) is 2. The molecule has 1 heterocycles. The fraction of sp³-hybridized carbons (Fsp3) is 0.667. The Morgan fingerprint density at radius 2 is 2.00 bits per heavy atom. The minimum absolute atomic E-state index is 0.00585. The van der Waals surface area contributed by atoms with Crippen LogP contribution in [0.25, 0.3) is 0 Å². The van der Waals surface area contributed by atoms with Gasteiger partial charge in [0.1, 0.15) is 6.61 Å². The van der Waals surface area contributed by atoms with Gasteiger partial charge in [-0.15, -0.1) is 0 Å². The molecule has 100 valence electrons. The highest BCUT2D eigenvalue weighted by molar-refractivity contribution is 5.76. The van der Waals surface area contributed by atoms with Crippen molar-refractivity contribution in [2.45, 2.75) is 6.92 Å². The van der Waals surface area contributed by atoms with Crippen LogP contribution in [0.2, 0.25) is 0 Å². The van der Waals surface area contributed by atoms with Gasteiger partial charge in [0.15, 0.2) is 0 Å². The Morgan fingerprint density at radius 3 is 2.56 bits per heavy atom. The van der Waals surface area contributed by atoms with Crippen LogP contribution in [0.15, 0.2) is 10.2 Å². The lowest BCUT2D eigenvalue weighted by Crippen LogP contribution is -2.31. The van der Waals surface area contributed by atoms with Crippen molar-refractivity contribution in [2.24, 2.45) is 10.2 Å². The van der Waals surface area contributed by atoms with Gasteiger partial charge >= 0.3 is 18.2 Å². The summed E-state index contributed by atoms with van der Waals surface area (Å²) in [6.07, 6.45) is -1.95. The number of hydrogen-bond acceptors (Lipinski definition) is 5. The van der Waals surface area contributed by atoms with Gasteiger partial charge < -0.3 is 19.7 Å². The molecule has 1 fully saturated rings. The number of carbonyl (C=O) groups is 3. The maximum atomic E-state index is 11.1. The highest BCUT2D eigenvalue weighted by Crippen LogP contribution is 1.97. The number of rotatable bonds is 4. The summed E-state index contributed by atoms with van der Waals surface area (Å²) in [6, 6.07) is -0.195. The van der Waals surface area contributed by atoms with E-state index in [2.05, 4.69) is 25.0 Å². The topological polar surface area (TPSA) is 110 Å². The molecule has 0 saturated carbocycles. The Hall–Kier alpha value is -2.19. The van der Waals surface area contributed by atoms with E-state index in [1.165, 1.54) is 4.90 Å². The standard InChI is InChI=1S/C9H14N4O5/c1-2-17-8(15)11-12-9(16)18-6-5-13-4-3-10-7(13)14/h2-6H2,1H3,(H,10,14)/b12-11+. The summed E-state index contributed by atoms with van der Waals surface area (Å²) in [7, 11) is 0. The molecule has 0 unspecified atom stereocenters. The van der Waals surface area contributed by atoms with Crippen molar-refractivity contribution in [3.05, 3.63) is 0 Å². The van der Waals surface area contributed by atoms with Gasteiger partial charge in [0, 0.05) is 13.1 Å². The van der Waals surface area contributed by atoms with Gasteiger partial charge in [-0.3, -0.25) is 0 Å². The second kappa shape index (κ2) is 7.20. The van der Waals surface area contributed by atoms with Crippen LogP contribution in [0, 0.1) is 0 Å². The molecule has 1 N–H and O–H groups in total. The van der Waals surface area contributed by atoms with Crippen molar-refractivity contribution >= 4 is 18.2 Å². The summed E-state index contributed by atoms with van der Waals surface area (Å²) in [4.78, 5) is 34.3. The summed E-state index contributed by atoms with van der Waals surface area (Å²) >= 11 is 0. The molecule has 1 aliphatic rings. The molecule has 18 heavy (non-hydrogen) atoms. The van der Waals surface area contributed by atoms with Gasteiger partial charge in [-0.05, 0) is 6.92 Å². The zero-order chi connectivity index (χ0) is 13.4. The van der Waals surface area contributed by atoms with Crippen LogP contribution in [-0.2, 0) is 9.47 Å². The molecule has 9 nitrogen and oxygen atoms in total. The molecular weight excluding hydrogens is 244 g/mol. The molecule has 0 spiro atoms. The molecule has 9 heteroatoms. The van der Waals surface area contributed by atoms with Gasteiger partial charge in [0.2, 0.25) is 0 Å². The molecule has 4 amide bonds. The number of nitrogens with zero attached hydrogens (tertiary/aromatic N) is 3. The first-order valence-corrected chi connectivity index (χ1v) is 5.41. The fourth-order valence-corrected chi connectivity index (χ4v) is 1.23. The molecular formula is C9H14N4O5. The van der Waals surface area contributed by atoms with Crippen LogP contribution in [-0.4, -0.2) is 56.0 Å². The highest BCUT2D eigenvalue weighted by Gasteiger charge is 2.19. The van der Waals surface area contributed by atoms with Gasteiger partial charge in [-0.25, -0.2) is 14.4 Å². The molecule has 0 radical (unpaired) electrons. The molecule has 1 saturated heterocycles. The fourth-order valence-electron chi connectivity index (χ4n) is 1.23. The molecule has 0 aromatic carbocycles. The quantitative estimate of drug-likeness (QED) is 0.748. The molecule has 1 aliphatic heterocycles. The summed E-state index contributed by atoms with van der Waals surface area (Å²) < 4.78 is 9.08. The monoisotopic (exact) mass is 258 g/mol. The minimum Gasteiger partial charge on any atom is -0.447 e. The number of urea groups is 1. The highest BCUT2D eigenvalue weighted by atomic mass is 16.6. The van der Waals surface area contributed by atoms with E-state index >= 15 is 0 Å². The second-order valence-electron chi connectivity index (χ2n) is 3.23. The lowest BCUT2D eigenvalue weighted by molar-refractivity contribution is 0.139. The number of hydrogen-bond donors (Lipinski definition) is 1. The predicted molar refractivity (Wildman–Crippen MR) is 58.2 cm³/mol. The van der Waals surface area contributed by atoms with Crippen LogP contribution in [0.1, 0.15) is 6.92 Å². The lowest BCUT2D eigenvalue weighted by atomic mass is 10.5. The Morgan fingerprint density at radius 1 is 1.33 bits per heavy atom. The van der Waals surface area contributed by atoms with Crippen molar-refractivity contribution in [3.8, 4) is 0 Å². The van der Waals surface area contributed by atoms with E-state index in [9.17, 15) is 14.4 Å². The molecule has 0 aromatic heterocycles. The number of carbonyl (C=O) groups excluding carboxylic acids is 3. The van der Waals surface area contributed by atoms with E-state index in [1.54, 1.807) is 6.92 Å². The normalized spacial score (nSPS) is 14.7. The molecule has 1 rings (SSSR count). The third-order valence-corrected chi connectivity index (χ3v) is 2.01.